The highest BCUT2D eigenvalue weighted by Crippen LogP contribution is 2.31. The van der Waals surface area contributed by atoms with Crippen molar-refractivity contribution in [3.8, 4) is 28.6 Å². The summed E-state index contributed by atoms with van der Waals surface area (Å²) >= 11 is 0. The lowest BCUT2D eigenvalue weighted by molar-refractivity contribution is -0.142. The average Bonchev–Trinajstić information content (AvgIpc) is 3.74. The van der Waals surface area contributed by atoms with Crippen molar-refractivity contribution in [1.29, 1.82) is 0 Å². The van der Waals surface area contributed by atoms with Gasteiger partial charge in [0, 0.05) is 18.2 Å². The number of hydrogen-bond acceptors (Lipinski definition) is 8. The van der Waals surface area contributed by atoms with Crippen molar-refractivity contribution in [3.05, 3.63) is 83.7 Å². The van der Waals surface area contributed by atoms with Crippen molar-refractivity contribution in [2.45, 2.75) is 50.9 Å². The minimum absolute atomic E-state index is 0.0180. The number of hydrogen-bond donors (Lipinski definition) is 1. The molecule has 11 nitrogen and oxygen atoms in total. The summed E-state index contributed by atoms with van der Waals surface area (Å²) in [6.07, 6.45) is 3.80. The zero-order valence-electron chi connectivity index (χ0n) is 24.9. The number of rotatable bonds is 12. The molecule has 0 spiro atoms. The molecule has 1 unspecified atom stereocenters. The number of ether oxygens (including phenoxy) is 3. The van der Waals surface area contributed by atoms with Gasteiger partial charge in [0.1, 0.15) is 24.2 Å². The zero-order valence-corrected chi connectivity index (χ0v) is 24.9. The number of methoxy groups -OCH3 is 3. The van der Waals surface area contributed by atoms with E-state index in [1.807, 2.05) is 12.1 Å². The maximum absolute atomic E-state index is 14.1. The lowest BCUT2D eigenvalue weighted by atomic mass is 10.0. The summed E-state index contributed by atoms with van der Waals surface area (Å²) in [5, 5.41) is 15.8. The number of amides is 2. The highest BCUT2D eigenvalue weighted by atomic mass is 19.1. The van der Waals surface area contributed by atoms with E-state index in [0.29, 0.717) is 28.4 Å². The van der Waals surface area contributed by atoms with Crippen LogP contribution in [0, 0.1) is 5.82 Å². The van der Waals surface area contributed by atoms with E-state index in [4.69, 9.17) is 14.2 Å². The van der Waals surface area contributed by atoms with E-state index >= 15 is 0 Å². The Bertz CT molecular complexity index is 1570. The first-order valence-electron chi connectivity index (χ1n) is 14.4. The van der Waals surface area contributed by atoms with Gasteiger partial charge in [-0.2, -0.15) is 4.80 Å². The number of halogens is 1. The first kappa shape index (κ1) is 30.5. The summed E-state index contributed by atoms with van der Waals surface area (Å²) in [4.78, 5) is 30.6. The number of nitrogens with zero attached hydrogens (tertiary/aromatic N) is 5. The van der Waals surface area contributed by atoms with Gasteiger partial charge in [0.05, 0.1) is 21.3 Å². The van der Waals surface area contributed by atoms with Gasteiger partial charge in [-0.15, -0.1) is 10.2 Å². The fraction of sp³-hybridized carbons (Fsp3) is 0.344. The Kier molecular flexibility index (Phi) is 9.68. The molecule has 1 atom stereocenters. The minimum Gasteiger partial charge on any atom is -0.497 e. The Morgan fingerprint density at radius 2 is 1.66 bits per heavy atom. The predicted octanol–water partition coefficient (Wildman–Crippen LogP) is 4.33. The molecular formula is C32H35FN6O5. The number of carbonyl (C=O) groups is 2. The monoisotopic (exact) mass is 602 g/mol. The van der Waals surface area contributed by atoms with Gasteiger partial charge in [-0.05, 0) is 71.6 Å². The third kappa shape index (κ3) is 7.13. The van der Waals surface area contributed by atoms with Gasteiger partial charge in [-0.3, -0.25) is 9.59 Å². The summed E-state index contributed by atoms with van der Waals surface area (Å²) in [6, 6.07) is 17.1. The molecule has 1 heterocycles. The SMILES string of the molecule is COc1ccc(CN(C(=O)Cn2nnc(-c3ccc(OC)c(OC)c3)n2)C(C(=O)NC2CCCC2)c2ccc(F)cc2)cc1. The molecule has 1 N–H and O–H groups in total. The summed E-state index contributed by atoms with van der Waals surface area (Å²) in [5.74, 6) is 0.807. The van der Waals surface area contributed by atoms with E-state index < -0.39 is 17.8 Å². The quantitative estimate of drug-likeness (QED) is 0.254. The maximum Gasteiger partial charge on any atom is 0.247 e. The molecule has 0 saturated heterocycles. The number of nitrogens with one attached hydrogen (secondary N) is 1. The fourth-order valence-electron chi connectivity index (χ4n) is 5.33. The second-order valence-electron chi connectivity index (χ2n) is 10.5. The van der Waals surface area contributed by atoms with Crippen LogP contribution in [-0.4, -0.2) is 64.3 Å². The van der Waals surface area contributed by atoms with Gasteiger partial charge in [0.2, 0.25) is 17.6 Å². The van der Waals surface area contributed by atoms with Crippen molar-refractivity contribution in [2.24, 2.45) is 0 Å². The third-order valence-corrected chi connectivity index (χ3v) is 7.65. The Morgan fingerprint density at radius 3 is 2.32 bits per heavy atom. The lowest BCUT2D eigenvalue weighted by Crippen LogP contribution is -2.46. The Balaban J connectivity index is 1.46. The molecule has 1 aliphatic carbocycles. The number of carbonyl (C=O) groups excluding carboxylic acids is 2. The molecule has 2 amide bonds. The van der Waals surface area contributed by atoms with Gasteiger partial charge in [-0.1, -0.05) is 37.1 Å². The fourth-order valence-corrected chi connectivity index (χ4v) is 5.33. The van der Waals surface area contributed by atoms with Crippen LogP contribution >= 0.6 is 0 Å². The van der Waals surface area contributed by atoms with Crippen molar-refractivity contribution in [1.82, 2.24) is 30.4 Å². The molecular weight excluding hydrogens is 567 g/mol. The van der Waals surface area contributed by atoms with Gasteiger partial charge in [-0.25, -0.2) is 4.39 Å². The van der Waals surface area contributed by atoms with Crippen molar-refractivity contribution in [3.63, 3.8) is 0 Å². The van der Waals surface area contributed by atoms with E-state index in [9.17, 15) is 14.0 Å². The number of tetrazole rings is 1. The second-order valence-corrected chi connectivity index (χ2v) is 10.5. The van der Waals surface area contributed by atoms with E-state index in [1.165, 1.54) is 41.1 Å². The normalized spacial score (nSPS) is 13.7. The van der Waals surface area contributed by atoms with Crippen LogP contribution in [0.25, 0.3) is 11.4 Å². The summed E-state index contributed by atoms with van der Waals surface area (Å²) in [5.41, 5.74) is 1.88. The first-order valence-corrected chi connectivity index (χ1v) is 14.4. The topological polar surface area (TPSA) is 121 Å². The van der Waals surface area contributed by atoms with Crippen LogP contribution in [0.4, 0.5) is 4.39 Å². The largest absolute Gasteiger partial charge is 0.497 e. The molecule has 0 radical (unpaired) electrons. The smallest absolute Gasteiger partial charge is 0.247 e. The van der Waals surface area contributed by atoms with E-state index in [-0.39, 0.29) is 30.9 Å². The van der Waals surface area contributed by atoms with Gasteiger partial charge < -0.3 is 24.4 Å². The minimum atomic E-state index is -1.03. The van der Waals surface area contributed by atoms with Crippen LogP contribution in [0.15, 0.2) is 66.7 Å². The molecule has 4 aromatic rings. The van der Waals surface area contributed by atoms with E-state index in [2.05, 4.69) is 20.7 Å². The van der Waals surface area contributed by atoms with Crippen molar-refractivity contribution >= 4 is 11.8 Å². The zero-order chi connectivity index (χ0) is 31.1. The van der Waals surface area contributed by atoms with Crippen LogP contribution < -0.4 is 19.5 Å². The highest BCUT2D eigenvalue weighted by molar-refractivity contribution is 5.89. The lowest BCUT2D eigenvalue weighted by Gasteiger charge is -2.32. The predicted molar refractivity (Wildman–Crippen MR) is 159 cm³/mol. The van der Waals surface area contributed by atoms with Crippen molar-refractivity contribution < 1.29 is 28.2 Å². The molecule has 1 fully saturated rings. The first-order chi connectivity index (χ1) is 21.4. The highest BCUT2D eigenvalue weighted by Gasteiger charge is 2.34. The molecule has 12 heteroatoms. The van der Waals surface area contributed by atoms with Crippen LogP contribution in [0.3, 0.4) is 0 Å². The third-order valence-electron chi connectivity index (χ3n) is 7.65. The van der Waals surface area contributed by atoms with Crippen molar-refractivity contribution in [2.75, 3.05) is 21.3 Å². The summed E-state index contributed by atoms with van der Waals surface area (Å²) < 4.78 is 29.9. The Labute approximate surface area is 254 Å². The van der Waals surface area contributed by atoms with Crippen LogP contribution in [0.5, 0.6) is 17.2 Å². The summed E-state index contributed by atoms with van der Waals surface area (Å²) in [6.45, 7) is -0.189. The molecule has 3 aromatic carbocycles. The molecule has 44 heavy (non-hydrogen) atoms. The molecule has 0 bridgehead atoms. The van der Waals surface area contributed by atoms with Crippen LogP contribution in [0.1, 0.15) is 42.9 Å². The molecule has 0 aliphatic heterocycles. The molecule has 1 aromatic heterocycles. The van der Waals surface area contributed by atoms with Gasteiger partial charge >= 0.3 is 0 Å². The van der Waals surface area contributed by atoms with E-state index in [0.717, 1.165) is 31.2 Å². The molecule has 230 valence electrons. The van der Waals surface area contributed by atoms with Crippen LogP contribution in [0.2, 0.25) is 0 Å². The molecule has 5 rings (SSSR count). The Morgan fingerprint density at radius 1 is 0.955 bits per heavy atom. The van der Waals surface area contributed by atoms with Gasteiger partial charge in [0.25, 0.3) is 0 Å². The second kappa shape index (κ2) is 14.0. The average molecular weight is 603 g/mol. The number of benzene rings is 3. The molecule has 1 saturated carbocycles. The summed E-state index contributed by atoms with van der Waals surface area (Å²) in [7, 11) is 4.65. The van der Waals surface area contributed by atoms with Gasteiger partial charge in [0.15, 0.2) is 11.5 Å². The standard InChI is InChI=1S/C32H35FN6O5/c1-42-26-15-8-21(9-16-26)19-38(30(22-10-13-24(33)14-11-22)32(41)34-25-6-4-5-7-25)29(40)20-39-36-31(35-37-39)23-12-17-27(43-2)28(18-23)44-3/h8-18,25,30H,4-7,19-20H2,1-3H3,(H,34,41). The number of aromatic nitrogens is 4. The van der Waals surface area contributed by atoms with Crippen LogP contribution in [-0.2, 0) is 22.7 Å². The van der Waals surface area contributed by atoms with E-state index in [1.54, 1.807) is 44.6 Å². The molecule has 1 aliphatic rings. The maximum atomic E-state index is 14.1. The Hall–Kier alpha value is -5.00.